The van der Waals surface area contributed by atoms with E-state index >= 15 is 0 Å². The number of aromatic nitrogens is 3. The van der Waals surface area contributed by atoms with E-state index in [1.54, 1.807) is 12.3 Å². The molecular formula is C15H12FN3O. The number of aromatic amines is 1. The maximum Gasteiger partial charge on any atom is 0.276 e. The first-order chi connectivity index (χ1) is 9.74. The lowest BCUT2D eigenvalue weighted by molar-refractivity contribution is 0.628. The molecule has 2 aromatic heterocycles. The van der Waals surface area contributed by atoms with E-state index in [-0.39, 0.29) is 11.4 Å². The largest absolute Gasteiger partial charge is 0.296 e. The fourth-order valence-electron chi connectivity index (χ4n) is 2.85. The Balaban J connectivity index is 2.03. The third-order valence-electron chi connectivity index (χ3n) is 3.82. The molecule has 3 aromatic rings. The zero-order chi connectivity index (χ0) is 13.7. The van der Waals surface area contributed by atoms with Gasteiger partial charge in [0.25, 0.3) is 5.56 Å². The Hall–Kier alpha value is -2.43. The summed E-state index contributed by atoms with van der Waals surface area (Å²) in [5.41, 5.74) is 3.68. The molecule has 0 bridgehead atoms. The topological polar surface area (TPSA) is 50.2 Å². The van der Waals surface area contributed by atoms with Gasteiger partial charge in [-0.05, 0) is 37.0 Å². The van der Waals surface area contributed by atoms with Crippen LogP contribution in [0.15, 0.2) is 35.3 Å². The van der Waals surface area contributed by atoms with Gasteiger partial charge in [-0.3, -0.25) is 9.89 Å². The third kappa shape index (κ3) is 1.52. The Morgan fingerprint density at radius 3 is 3.05 bits per heavy atom. The molecule has 1 aliphatic rings. The van der Waals surface area contributed by atoms with Crippen molar-refractivity contribution in [2.45, 2.75) is 19.3 Å². The molecule has 0 amide bonds. The van der Waals surface area contributed by atoms with Gasteiger partial charge in [-0.2, -0.15) is 0 Å². The van der Waals surface area contributed by atoms with E-state index in [0.29, 0.717) is 11.2 Å². The molecule has 5 heteroatoms. The predicted octanol–water partition coefficient (Wildman–Crippen LogP) is 2.32. The third-order valence-corrected chi connectivity index (χ3v) is 3.82. The molecule has 0 saturated carbocycles. The summed E-state index contributed by atoms with van der Waals surface area (Å²) in [4.78, 5) is 16.9. The molecule has 0 unspecified atom stereocenters. The van der Waals surface area contributed by atoms with Crippen molar-refractivity contribution in [3.63, 3.8) is 0 Å². The number of nitrogens with one attached hydrogen (secondary N) is 1. The molecule has 1 N–H and O–H groups in total. The summed E-state index contributed by atoms with van der Waals surface area (Å²) in [6, 6.07) is 6.31. The van der Waals surface area contributed by atoms with Crippen molar-refractivity contribution in [1.29, 1.82) is 0 Å². The first-order valence-corrected chi connectivity index (χ1v) is 6.62. The molecule has 0 fully saturated rings. The Labute approximate surface area is 113 Å². The van der Waals surface area contributed by atoms with Gasteiger partial charge in [-0.1, -0.05) is 12.1 Å². The van der Waals surface area contributed by atoms with Gasteiger partial charge < -0.3 is 0 Å². The Morgan fingerprint density at radius 1 is 1.30 bits per heavy atom. The van der Waals surface area contributed by atoms with Crippen LogP contribution in [0.3, 0.4) is 0 Å². The van der Waals surface area contributed by atoms with Crippen LogP contribution in [0.25, 0.3) is 16.8 Å². The average Bonchev–Trinajstić information content (AvgIpc) is 3.05. The van der Waals surface area contributed by atoms with E-state index in [2.05, 4.69) is 10.1 Å². The second-order valence-electron chi connectivity index (χ2n) is 5.05. The molecule has 2 heterocycles. The molecule has 0 atom stereocenters. The quantitative estimate of drug-likeness (QED) is 0.737. The first kappa shape index (κ1) is 11.4. The minimum absolute atomic E-state index is 0.0369. The van der Waals surface area contributed by atoms with Gasteiger partial charge >= 0.3 is 0 Å². The van der Waals surface area contributed by atoms with Gasteiger partial charge in [-0.25, -0.2) is 13.9 Å². The van der Waals surface area contributed by atoms with Crippen molar-refractivity contribution in [2.75, 3.05) is 0 Å². The van der Waals surface area contributed by atoms with Crippen LogP contribution in [0.2, 0.25) is 0 Å². The van der Waals surface area contributed by atoms with E-state index in [0.717, 1.165) is 36.1 Å². The highest BCUT2D eigenvalue weighted by Crippen LogP contribution is 2.25. The lowest BCUT2D eigenvalue weighted by Gasteiger charge is -2.02. The van der Waals surface area contributed by atoms with E-state index < -0.39 is 0 Å². The lowest BCUT2D eigenvalue weighted by Crippen LogP contribution is -2.20. The number of H-pyrrole nitrogens is 1. The van der Waals surface area contributed by atoms with Gasteiger partial charge in [0.05, 0.1) is 5.69 Å². The summed E-state index contributed by atoms with van der Waals surface area (Å²) in [5, 5.41) is 2.92. The molecule has 4 nitrogen and oxygen atoms in total. The zero-order valence-corrected chi connectivity index (χ0v) is 10.7. The molecule has 0 radical (unpaired) electrons. The van der Waals surface area contributed by atoms with Crippen molar-refractivity contribution in [2.24, 2.45) is 0 Å². The summed E-state index contributed by atoms with van der Waals surface area (Å²) in [6.07, 6.45) is 4.31. The normalized spacial score (nSPS) is 13.8. The summed E-state index contributed by atoms with van der Waals surface area (Å²) in [6.45, 7) is 0. The van der Waals surface area contributed by atoms with Crippen LogP contribution in [0.5, 0.6) is 0 Å². The van der Waals surface area contributed by atoms with Crippen LogP contribution in [-0.4, -0.2) is 14.6 Å². The van der Waals surface area contributed by atoms with Crippen LogP contribution in [0.4, 0.5) is 4.39 Å². The highest BCUT2D eigenvalue weighted by Gasteiger charge is 2.20. The molecule has 1 aromatic carbocycles. The number of aryl methyl sites for hydroxylation is 1. The van der Waals surface area contributed by atoms with Gasteiger partial charge in [0.1, 0.15) is 5.82 Å². The standard InChI is InChI=1S/C15H12FN3O/c16-10-4-1-3-9(7-10)12-8-17-19-14(12)18-13-6-2-5-11(13)15(19)20/h1,3-4,7-8,17H,2,5-6H2. The molecular weight excluding hydrogens is 257 g/mol. The van der Waals surface area contributed by atoms with Crippen LogP contribution in [-0.2, 0) is 12.8 Å². The van der Waals surface area contributed by atoms with Crippen molar-refractivity contribution < 1.29 is 4.39 Å². The summed E-state index contributed by atoms with van der Waals surface area (Å²) >= 11 is 0. The Bertz CT molecular complexity index is 878. The number of nitrogens with zero attached hydrogens (tertiary/aromatic N) is 2. The lowest BCUT2D eigenvalue weighted by atomic mass is 10.1. The van der Waals surface area contributed by atoms with E-state index in [1.807, 2.05) is 6.07 Å². The predicted molar refractivity (Wildman–Crippen MR) is 73.2 cm³/mol. The maximum atomic E-state index is 13.4. The molecule has 1 aliphatic carbocycles. The second kappa shape index (κ2) is 4.03. The molecule has 0 spiro atoms. The summed E-state index contributed by atoms with van der Waals surface area (Å²) < 4.78 is 14.8. The van der Waals surface area contributed by atoms with Gasteiger partial charge in [0.15, 0.2) is 5.65 Å². The highest BCUT2D eigenvalue weighted by molar-refractivity contribution is 5.77. The molecule has 100 valence electrons. The fraction of sp³-hybridized carbons (Fsp3) is 0.200. The van der Waals surface area contributed by atoms with Crippen molar-refractivity contribution in [1.82, 2.24) is 14.6 Å². The molecule has 0 saturated heterocycles. The maximum absolute atomic E-state index is 13.4. The smallest absolute Gasteiger partial charge is 0.276 e. The van der Waals surface area contributed by atoms with Crippen molar-refractivity contribution >= 4 is 5.65 Å². The molecule has 20 heavy (non-hydrogen) atoms. The second-order valence-corrected chi connectivity index (χ2v) is 5.05. The molecule has 0 aliphatic heterocycles. The number of hydrogen-bond donors (Lipinski definition) is 1. The van der Waals surface area contributed by atoms with Gasteiger partial charge in [0.2, 0.25) is 0 Å². The zero-order valence-electron chi connectivity index (χ0n) is 10.7. The van der Waals surface area contributed by atoms with Gasteiger partial charge in [0, 0.05) is 17.3 Å². The summed E-state index contributed by atoms with van der Waals surface area (Å²) in [5.74, 6) is -0.301. The Morgan fingerprint density at radius 2 is 2.20 bits per heavy atom. The minimum Gasteiger partial charge on any atom is -0.296 e. The van der Waals surface area contributed by atoms with Crippen molar-refractivity contribution in [3.05, 3.63) is 57.9 Å². The van der Waals surface area contributed by atoms with E-state index in [9.17, 15) is 9.18 Å². The van der Waals surface area contributed by atoms with Gasteiger partial charge in [-0.15, -0.1) is 0 Å². The monoisotopic (exact) mass is 269 g/mol. The van der Waals surface area contributed by atoms with Crippen LogP contribution >= 0.6 is 0 Å². The number of fused-ring (bicyclic) bond motifs is 2. The SMILES string of the molecule is O=c1c2c(nc3c(-c4cccc(F)c4)c[nH]n13)CCC2. The van der Waals surface area contributed by atoms with Crippen LogP contribution in [0, 0.1) is 5.82 Å². The Kier molecular flexibility index (Phi) is 2.30. The fourth-order valence-corrected chi connectivity index (χ4v) is 2.85. The highest BCUT2D eigenvalue weighted by atomic mass is 19.1. The van der Waals surface area contributed by atoms with E-state index in [1.165, 1.54) is 16.6 Å². The number of hydrogen-bond acceptors (Lipinski definition) is 2. The summed E-state index contributed by atoms with van der Waals surface area (Å²) in [7, 11) is 0. The first-order valence-electron chi connectivity index (χ1n) is 6.62. The average molecular weight is 269 g/mol. The minimum atomic E-state index is -0.301. The van der Waals surface area contributed by atoms with E-state index in [4.69, 9.17) is 0 Å². The van der Waals surface area contributed by atoms with Crippen molar-refractivity contribution in [3.8, 4) is 11.1 Å². The number of halogens is 1. The van der Waals surface area contributed by atoms with Crippen LogP contribution < -0.4 is 5.56 Å². The number of benzene rings is 1. The number of rotatable bonds is 1. The van der Waals surface area contributed by atoms with Crippen LogP contribution in [0.1, 0.15) is 17.7 Å². The molecule has 4 rings (SSSR count).